The Kier molecular flexibility index (Phi) is 2.80. The third-order valence-corrected chi connectivity index (χ3v) is 3.68. The van der Waals surface area contributed by atoms with Crippen LogP contribution in [0.1, 0.15) is 18.1 Å². The predicted molar refractivity (Wildman–Crippen MR) is 58.0 cm³/mol. The lowest BCUT2D eigenvalue weighted by Crippen LogP contribution is -2.12. The van der Waals surface area contributed by atoms with Crippen molar-refractivity contribution < 1.29 is 13.2 Å². The summed E-state index contributed by atoms with van der Waals surface area (Å²) in [6, 6.07) is 0. The molecule has 0 amide bonds. The molecule has 0 bridgehead atoms. The molecule has 0 aliphatic carbocycles. The van der Waals surface area contributed by atoms with Crippen LogP contribution in [0.3, 0.4) is 0 Å². The standard InChI is InChI=1S/C9H10N4O3S/c1-2-9(14)12-5-8(11-7-12)17(15,16)13-4-3-10-6-13/h3-7H,2H2,1H3. The second kappa shape index (κ2) is 4.13. The van der Waals surface area contributed by atoms with Crippen LogP contribution >= 0.6 is 0 Å². The molecule has 17 heavy (non-hydrogen) atoms. The molecule has 0 saturated heterocycles. The van der Waals surface area contributed by atoms with Gasteiger partial charge in [0.2, 0.25) is 5.91 Å². The van der Waals surface area contributed by atoms with Crippen molar-refractivity contribution in [1.82, 2.24) is 18.5 Å². The van der Waals surface area contributed by atoms with Gasteiger partial charge in [0.25, 0.3) is 10.0 Å². The zero-order valence-corrected chi connectivity index (χ0v) is 9.83. The second-order valence-corrected chi connectivity index (χ2v) is 5.05. The highest BCUT2D eigenvalue weighted by molar-refractivity contribution is 7.89. The fourth-order valence-electron chi connectivity index (χ4n) is 1.25. The fourth-order valence-corrected chi connectivity index (χ4v) is 2.29. The Morgan fingerprint density at radius 1 is 1.41 bits per heavy atom. The topological polar surface area (TPSA) is 86.9 Å². The first-order chi connectivity index (χ1) is 8.05. The van der Waals surface area contributed by atoms with Crippen molar-refractivity contribution in [3.05, 3.63) is 31.2 Å². The van der Waals surface area contributed by atoms with Crippen LogP contribution in [0.15, 0.2) is 36.3 Å². The van der Waals surface area contributed by atoms with E-state index < -0.39 is 10.0 Å². The third-order valence-electron chi connectivity index (χ3n) is 2.17. The molecule has 0 aliphatic heterocycles. The molecule has 0 unspecified atom stereocenters. The van der Waals surface area contributed by atoms with Crippen LogP contribution in [0.2, 0.25) is 0 Å². The Bertz CT molecular complexity index is 627. The molecule has 0 aromatic carbocycles. The molecule has 7 nitrogen and oxygen atoms in total. The van der Waals surface area contributed by atoms with E-state index in [9.17, 15) is 13.2 Å². The monoisotopic (exact) mass is 254 g/mol. The first-order valence-corrected chi connectivity index (χ1v) is 6.30. The number of hydrogen-bond donors (Lipinski definition) is 0. The largest absolute Gasteiger partial charge is 0.287 e. The van der Waals surface area contributed by atoms with Crippen molar-refractivity contribution >= 4 is 15.9 Å². The number of carbonyl (C=O) groups excluding carboxylic acids is 1. The van der Waals surface area contributed by atoms with Gasteiger partial charge in [-0.3, -0.25) is 9.36 Å². The highest BCUT2D eigenvalue weighted by Crippen LogP contribution is 2.10. The lowest BCUT2D eigenvalue weighted by Gasteiger charge is -2.00. The van der Waals surface area contributed by atoms with E-state index in [1.807, 2.05) is 0 Å². The van der Waals surface area contributed by atoms with Gasteiger partial charge in [0, 0.05) is 18.8 Å². The minimum atomic E-state index is -3.75. The Balaban J connectivity index is 2.42. The van der Waals surface area contributed by atoms with Gasteiger partial charge in [0.05, 0.1) is 6.20 Å². The quantitative estimate of drug-likeness (QED) is 0.789. The van der Waals surface area contributed by atoms with Gasteiger partial charge in [-0.2, -0.15) is 8.42 Å². The SMILES string of the molecule is CCC(=O)n1cnc(S(=O)(=O)n2ccnc2)c1. The predicted octanol–water partition coefficient (Wildman–Crippen LogP) is 0.367. The minimum absolute atomic E-state index is 0.183. The zero-order valence-electron chi connectivity index (χ0n) is 9.02. The lowest BCUT2D eigenvalue weighted by molar-refractivity contribution is 0.0908. The molecule has 0 radical (unpaired) electrons. The summed E-state index contributed by atoms with van der Waals surface area (Å²) in [5.74, 6) is -0.218. The van der Waals surface area contributed by atoms with Gasteiger partial charge in [-0.1, -0.05) is 6.92 Å². The Labute approximate surface area is 97.8 Å². The average molecular weight is 254 g/mol. The summed E-state index contributed by atoms with van der Waals surface area (Å²) >= 11 is 0. The van der Waals surface area contributed by atoms with E-state index in [1.165, 1.54) is 24.9 Å². The number of hydrogen-bond acceptors (Lipinski definition) is 5. The summed E-state index contributed by atoms with van der Waals surface area (Å²) < 4.78 is 26.0. The normalized spacial score (nSPS) is 11.6. The highest BCUT2D eigenvalue weighted by atomic mass is 32.2. The minimum Gasteiger partial charge on any atom is -0.275 e. The van der Waals surface area contributed by atoms with E-state index in [0.29, 0.717) is 0 Å². The van der Waals surface area contributed by atoms with Crippen molar-refractivity contribution in [2.75, 3.05) is 0 Å². The Morgan fingerprint density at radius 2 is 2.18 bits per heavy atom. The molecule has 0 saturated carbocycles. The number of rotatable bonds is 3. The zero-order chi connectivity index (χ0) is 12.5. The van der Waals surface area contributed by atoms with Crippen LogP contribution in [-0.4, -0.2) is 32.8 Å². The molecule has 2 heterocycles. The molecule has 0 spiro atoms. The van der Waals surface area contributed by atoms with Crippen LogP contribution in [0.4, 0.5) is 0 Å². The van der Waals surface area contributed by atoms with Gasteiger partial charge < -0.3 is 0 Å². The van der Waals surface area contributed by atoms with E-state index in [4.69, 9.17) is 0 Å². The van der Waals surface area contributed by atoms with Crippen molar-refractivity contribution in [3.63, 3.8) is 0 Å². The molecule has 0 fully saturated rings. The smallest absolute Gasteiger partial charge is 0.275 e. The molecule has 90 valence electrons. The number of aromatic nitrogens is 4. The Morgan fingerprint density at radius 3 is 2.76 bits per heavy atom. The van der Waals surface area contributed by atoms with Crippen LogP contribution in [0.5, 0.6) is 0 Å². The van der Waals surface area contributed by atoms with Gasteiger partial charge in [-0.25, -0.2) is 13.9 Å². The van der Waals surface area contributed by atoms with Crippen LogP contribution < -0.4 is 0 Å². The average Bonchev–Trinajstić information content (AvgIpc) is 2.98. The molecule has 2 aromatic rings. The maximum atomic E-state index is 12.0. The summed E-state index contributed by atoms with van der Waals surface area (Å²) in [6.07, 6.45) is 6.48. The van der Waals surface area contributed by atoms with Crippen molar-refractivity contribution in [2.45, 2.75) is 18.4 Å². The van der Waals surface area contributed by atoms with Crippen molar-refractivity contribution in [1.29, 1.82) is 0 Å². The van der Waals surface area contributed by atoms with Gasteiger partial charge in [0.1, 0.15) is 12.7 Å². The van der Waals surface area contributed by atoms with E-state index in [0.717, 1.165) is 14.9 Å². The second-order valence-electron chi connectivity index (χ2n) is 3.26. The van der Waals surface area contributed by atoms with Crippen molar-refractivity contribution in [2.24, 2.45) is 0 Å². The first kappa shape index (κ1) is 11.5. The summed E-state index contributed by atoms with van der Waals surface area (Å²) in [7, 11) is -3.75. The molecule has 0 aliphatic rings. The van der Waals surface area contributed by atoms with E-state index >= 15 is 0 Å². The maximum Gasteiger partial charge on any atom is 0.287 e. The molecule has 8 heteroatoms. The fraction of sp³-hybridized carbons (Fsp3) is 0.222. The highest BCUT2D eigenvalue weighted by Gasteiger charge is 2.20. The summed E-state index contributed by atoms with van der Waals surface area (Å²) in [5.41, 5.74) is 0. The van der Waals surface area contributed by atoms with Gasteiger partial charge in [0.15, 0.2) is 5.03 Å². The first-order valence-electron chi connectivity index (χ1n) is 4.86. The van der Waals surface area contributed by atoms with Gasteiger partial charge in [-0.05, 0) is 0 Å². The van der Waals surface area contributed by atoms with Gasteiger partial charge in [-0.15, -0.1) is 0 Å². The van der Waals surface area contributed by atoms with Crippen LogP contribution in [-0.2, 0) is 10.0 Å². The van der Waals surface area contributed by atoms with Crippen LogP contribution in [0, 0.1) is 0 Å². The van der Waals surface area contributed by atoms with E-state index in [2.05, 4.69) is 9.97 Å². The Hall–Kier alpha value is -1.96. The summed E-state index contributed by atoms with van der Waals surface area (Å²) in [4.78, 5) is 18.7. The molecule has 0 N–H and O–H groups in total. The maximum absolute atomic E-state index is 12.0. The summed E-state index contributed by atoms with van der Waals surface area (Å²) in [6.45, 7) is 1.69. The lowest BCUT2D eigenvalue weighted by atomic mass is 10.4. The molecule has 2 rings (SSSR count). The van der Waals surface area contributed by atoms with E-state index in [-0.39, 0.29) is 17.4 Å². The van der Waals surface area contributed by atoms with Crippen molar-refractivity contribution in [3.8, 4) is 0 Å². The van der Waals surface area contributed by atoms with E-state index in [1.54, 1.807) is 6.92 Å². The molecular weight excluding hydrogens is 244 g/mol. The van der Waals surface area contributed by atoms with Gasteiger partial charge >= 0.3 is 0 Å². The number of imidazole rings is 2. The number of nitrogens with zero attached hydrogens (tertiary/aromatic N) is 4. The third kappa shape index (κ3) is 1.98. The molecular formula is C9H10N4O3S. The molecule has 0 atom stereocenters. The summed E-state index contributed by atoms with van der Waals surface area (Å²) in [5, 5.41) is -0.183. The number of carbonyl (C=O) groups is 1. The molecule has 2 aromatic heterocycles. The van der Waals surface area contributed by atoms with Crippen LogP contribution in [0.25, 0.3) is 0 Å².